The quantitative estimate of drug-likeness (QED) is 0.766. The number of nitrogens with zero attached hydrogens (tertiary/aromatic N) is 1. The van der Waals surface area contributed by atoms with Gasteiger partial charge < -0.3 is 10.2 Å². The van der Waals surface area contributed by atoms with Crippen molar-refractivity contribution in [2.24, 2.45) is 5.92 Å². The third-order valence-electron chi connectivity index (χ3n) is 4.51. The Morgan fingerprint density at radius 3 is 2.54 bits per heavy atom. The van der Waals surface area contributed by atoms with Crippen LogP contribution in [-0.4, -0.2) is 31.2 Å². The molecule has 136 valence electrons. The van der Waals surface area contributed by atoms with Gasteiger partial charge in [0.05, 0.1) is 5.92 Å². The van der Waals surface area contributed by atoms with Gasteiger partial charge in [-0.15, -0.1) is 11.8 Å². The number of carbonyl (C=O) groups is 2. The third-order valence-corrected chi connectivity index (χ3v) is 5.50. The molecule has 3 rings (SSSR count). The number of halogens is 1. The van der Waals surface area contributed by atoms with Crippen molar-refractivity contribution in [2.45, 2.75) is 17.7 Å². The summed E-state index contributed by atoms with van der Waals surface area (Å²) in [4.78, 5) is 27.5. The van der Waals surface area contributed by atoms with Gasteiger partial charge in [-0.1, -0.05) is 23.7 Å². The van der Waals surface area contributed by atoms with Gasteiger partial charge in [0.1, 0.15) is 0 Å². The van der Waals surface area contributed by atoms with E-state index in [1.165, 1.54) is 0 Å². The van der Waals surface area contributed by atoms with E-state index < -0.39 is 0 Å². The molecule has 0 aliphatic carbocycles. The van der Waals surface area contributed by atoms with Crippen LogP contribution < -0.4 is 10.2 Å². The first kappa shape index (κ1) is 18.8. The maximum Gasteiger partial charge on any atom is 0.227 e. The molecule has 0 saturated carbocycles. The summed E-state index contributed by atoms with van der Waals surface area (Å²) in [5, 5.41) is 3.65. The zero-order valence-electron chi connectivity index (χ0n) is 14.6. The number of rotatable bonds is 6. The molecule has 1 N–H and O–H groups in total. The Morgan fingerprint density at radius 2 is 1.88 bits per heavy atom. The molecule has 1 unspecified atom stereocenters. The Kier molecular flexibility index (Phi) is 6.22. The highest BCUT2D eigenvalue weighted by atomic mass is 35.5. The van der Waals surface area contributed by atoms with Gasteiger partial charge in [0.2, 0.25) is 11.8 Å². The van der Waals surface area contributed by atoms with Crippen LogP contribution in [0.5, 0.6) is 0 Å². The summed E-state index contributed by atoms with van der Waals surface area (Å²) >= 11 is 7.53. The highest BCUT2D eigenvalue weighted by Crippen LogP contribution is 2.27. The lowest BCUT2D eigenvalue weighted by Crippen LogP contribution is -2.34. The van der Waals surface area contributed by atoms with Crippen molar-refractivity contribution >= 4 is 40.9 Å². The molecule has 1 aliphatic rings. The fraction of sp³-hybridized carbons (Fsp3) is 0.300. The van der Waals surface area contributed by atoms with Crippen molar-refractivity contribution in [1.82, 2.24) is 5.32 Å². The summed E-state index contributed by atoms with van der Waals surface area (Å²) in [6.07, 6.45) is 3.01. The smallest absolute Gasteiger partial charge is 0.227 e. The molecule has 2 amide bonds. The number of benzene rings is 2. The maximum absolute atomic E-state index is 12.4. The van der Waals surface area contributed by atoms with Crippen LogP contribution in [0.15, 0.2) is 53.4 Å². The molecule has 2 aromatic rings. The maximum atomic E-state index is 12.4. The lowest BCUT2D eigenvalue weighted by Gasteiger charge is -2.17. The van der Waals surface area contributed by atoms with E-state index in [1.807, 2.05) is 54.8 Å². The van der Waals surface area contributed by atoms with Gasteiger partial charge >= 0.3 is 0 Å². The minimum Gasteiger partial charge on any atom is -0.355 e. The van der Waals surface area contributed by atoms with E-state index in [9.17, 15) is 9.59 Å². The third kappa shape index (κ3) is 4.59. The summed E-state index contributed by atoms with van der Waals surface area (Å²) in [5.74, 6) is -0.358. The van der Waals surface area contributed by atoms with E-state index in [4.69, 9.17) is 11.6 Å². The van der Waals surface area contributed by atoms with Crippen LogP contribution in [0.4, 0.5) is 5.69 Å². The Balaban J connectivity index is 1.52. The fourth-order valence-corrected chi connectivity index (χ4v) is 3.55. The van der Waals surface area contributed by atoms with Crippen LogP contribution in [0, 0.1) is 5.92 Å². The first-order chi connectivity index (χ1) is 12.6. The van der Waals surface area contributed by atoms with Crippen molar-refractivity contribution in [1.29, 1.82) is 0 Å². The van der Waals surface area contributed by atoms with Gasteiger partial charge in [0.15, 0.2) is 0 Å². The Morgan fingerprint density at radius 1 is 1.19 bits per heavy atom. The van der Waals surface area contributed by atoms with E-state index in [1.54, 1.807) is 16.7 Å². The van der Waals surface area contributed by atoms with E-state index >= 15 is 0 Å². The second-order valence-electron chi connectivity index (χ2n) is 6.27. The Labute approximate surface area is 162 Å². The molecule has 1 atom stereocenters. The zero-order chi connectivity index (χ0) is 18.5. The zero-order valence-corrected chi connectivity index (χ0v) is 16.1. The average Bonchev–Trinajstić information content (AvgIpc) is 3.05. The second-order valence-corrected chi connectivity index (χ2v) is 7.59. The summed E-state index contributed by atoms with van der Waals surface area (Å²) < 4.78 is 0. The molecule has 2 aromatic carbocycles. The number of hydrogen-bond acceptors (Lipinski definition) is 3. The largest absolute Gasteiger partial charge is 0.355 e. The standard InChI is InChI=1S/C20H21ClN2O2S/c1-26-18-8-6-17(7-9-18)23-13-15(12-19(23)24)20(25)22-11-10-14-2-4-16(21)5-3-14/h2-9,15H,10-13H2,1H3,(H,22,25). The van der Waals surface area contributed by atoms with Crippen LogP contribution in [0.1, 0.15) is 12.0 Å². The van der Waals surface area contributed by atoms with Crippen LogP contribution in [0.3, 0.4) is 0 Å². The predicted molar refractivity (Wildman–Crippen MR) is 107 cm³/mol. The van der Waals surface area contributed by atoms with Gasteiger partial charge in [0, 0.05) is 35.1 Å². The van der Waals surface area contributed by atoms with Crippen LogP contribution >= 0.6 is 23.4 Å². The van der Waals surface area contributed by atoms with E-state index in [-0.39, 0.29) is 24.2 Å². The van der Waals surface area contributed by atoms with Gasteiger partial charge in [-0.2, -0.15) is 0 Å². The van der Waals surface area contributed by atoms with E-state index in [0.717, 1.165) is 22.6 Å². The molecule has 26 heavy (non-hydrogen) atoms. The van der Waals surface area contributed by atoms with Crippen molar-refractivity contribution in [3.8, 4) is 0 Å². The Hall–Kier alpha value is -1.98. The summed E-state index contributed by atoms with van der Waals surface area (Å²) in [5.41, 5.74) is 1.97. The monoisotopic (exact) mass is 388 g/mol. The van der Waals surface area contributed by atoms with Crippen LogP contribution in [0.2, 0.25) is 5.02 Å². The number of amides is 2. The number of carbonyl (C=O) groups excluding carboxylic acids is 2. The number of thioether (sulfide) groups is 1. The first-order valence-corrected chi connectivity index (χ1v) is 10.1. The second kappa shape index (κ2) is 8.60. The number of nitrogens with one attached hydrogen (secondary N) is 1. The highest BCUT2D eigenvalue weighted by Gasteiger charge is 2.34. The minimum atomic E-state index is -0.298. The summed E-state index contributed by atoms with van der Waals surface area (Å²) in [7, 11) is 0. The highest BCUT2D eigenvalue weighted by molar-refractivity contribution is 7.98. The van der Waals surface area contributed by atoms with Gasteiger partial charge in [-0.25, -0.2) is 0 Å². The van der Waals surface area contributed by atoms with Crippen molar-refractivity contribution in [2.75, 3.05) is 24.2 Å². The fourth-order valence-electron chi connectivity index (χ4n) is 3.02. The molecular weight excluding hydrogens is 368 g/mol. The van der Waals surface area contributed by atoms with Gasteiger partial charge in [0.25, 0.3) is 0 Å². The normalized spacial score (nSPS) is 16.8. The summed E-state index contributed by atoms with van der Waals surface area (Å²) in [6, 6.07) is 15.4. The van der Waals surface area contributed by atoms with Crippen LogP contribution in [0.25, 0.3) is 0 Å². The number of anilines is 1. The molecular formula is C20H21ClN2O2S. The first-order valence-electron chi connectivity index (χ1n) is 8.53. The average molecular weight is 389 g/mol. The molecule has 1 heterocycles. The molecule has 4 nitrogen and oxygen atoms in total. The van der Waals surface area contributed by atoms with Crippen molar-refractivity contribution in [3.05, 3.63) is 59.1 Å². The van der Waals surface area contributed by atoms with Crippen molar-refractivity contribution in [3.63, 3.8) is 0 Å². The minimum absolute atomic E-state index is 0.000229. The lowest BCUT2D eigenvalue weighted by atomic mass is 10.1. The topological polar surface area (TPSA) is 49.4 Å². The number of hydrogen-bond donors (Lipinski definition) is 1. The SMILES string of the molecule is CSc1ccc(N2CC(C(=O)NCCc3ccc(Cl)cc3)CC2=O)cc1. The molecule has 1 saturated heterocycles. The molecule has 6 heteroatoms. The van der Waals surface area contributed by atoms with E-state index in [0.29, 0.717) is 18.1 Å². The van der Waals surface area contributed by atoms with Gasteiger partial charge in [-0.3, -0.25) is 9.59 Å². The van der Waals surface area contributed by atoms with Gasteiger partial charge in [-0.05, 0) is 54.6 Å². The lowest BCUT2D eigenvalue weighted by molar-refractivity contribution is -0.126. The summed E-state index contributed by atoms with van der Waals surface area (Å²) in [6.45, 7) is 0.984. The molecule has 1 fully saturated rings. The van der Waals surface area contributed by atoms with Crippen molar-refractivity contribution < 1.29 is 9.59 Å². The predicted octanol–water partition coefficient (Wildman–Crippen LogP) is 3.77. The Bertz CT molecular complexity index is 777. The van der Waals surface area contributed by atoms with Crippen LogP contribution in [-0.2, 0) is 16.0 Å². The molecule has 1 aliphatic heterocycles. The molecule has 0 radical (unpaired) electrons. The molecule has 0 spiro atoms. The van der Waals surface area contributed by atoms with E-state index in [2.05, 4.69) is 5.32 Å². The molecule has 0 bridgehead atoms. The molecule has 0 aromatic heterocycles.